The molecule has 0 aromatic heterocycles. The van der Waals surface area contributed by atoms with Crippen LogP contribution in [0.1, 0.15) is 37.3 Å². The van der Waals surface area contributed by atoms with Crippen LogP contribution in [0.25, 0.3) is 10.8 Å². The van der Waals surface area contributed by atoms with Gasteiger partial charge in [0.05, 0.1) is 25.1 Å². The van der Waals surface area contributed by atoms with Gasteiger partial charge in [0, 0.05) is 10.0 Å². The molecule has 1 amide bonds. The highest BCUT2D eigenvalue weighted by atomic mass is 79.9. The molecule has 170 valence electrons. The maximum Gasteiger partial charge on any atom is 0.242 e. The molecule has 7 heteroatoms. The number of hydrogen-bond donors (Lipinski definition) is 0. The summed E-state index contributed by atoms with van der Waals surface area (Å²) in [5, 5.41) is 11.6. The van der Waals surface area contributed by atoms with Crippen LogP contribution < -0.4 is 4.74 Å². The lowest BCUT2D eigenvalue weighted by Crippen LogP contribution is -2.31. The Hall–Kier alpha value is -2.64. The maximum atomic E-state index is 13.3. The number of methoxy groups -OCH3 is 1. The lowest BCUT2D eigenvalue weighted by atomic mass is 10.0. The molecular formula is C26H26BrN3O2S. The van der Waals surface area contributed by atoms with Gasteiger partial charge in [-0.2, -0.15) is 5.10 Å². The number of nitrogens with zero attached hydrogens (tertiary/aromatic N) is 3. The van der Waals surface area contributed by atoms with Crippen molar-refractivity contribution in [2.75, 3.05) is 7.11 Å². The van der Waals surface area contributed by atoms with Crippen LogP contribution in [0, 0.1) is 0 Å². The first-order valence-electron chi connectivity index (χ1n) is 11.0. The summed E-state index contributed by atoms with van der Waals surface area (Å²) in [7, 11) is 1.63. The Morgan fingerprint density at radius 2 is 1.97 bits per heavy atom. The van der Waals surface area contributed by atoms with Crippen molar-refractivity contribution in [3.63, 3.8) is 0 Å². The Labute approximate surface area is 207 Å². The van der Waals surface area contributed by atoms with E-state index in [1.807, 2.05) is 36.4 Å². The van der Waals surface area contributed by atoms with Crippen LogP contribution in [0.15, 0.2) is 75.3 Å². The molecule has 0 aliphatic carbocycles. The predicted octanol–water partition coefficient (Wildman–Crippen LogP) is 6.64. The van der Waals surface area contributed by atoms with E-state index in [-0.39, 0.29) is 11.2 Å². The van der Waals surface area contributed by atoms with Crippen molar-refractivity contribution < 1.29 is 9.53 Å². The second-order valence-corrected chi connectivity index (χ2v) is 9.91. The summed E-state index contributed by atoms with van der Waals surface area (Å²) in [4.78, 5) is 15.1. The third-order valence-electron chi connectivity index (χ3n) is 5.58. The van der Waals surface area contributed by atoms with Crippen molar-refractivity contribution in [3.8, 4) is 5.75 Å². The summed E-state index contributed by atoms with van der Waals surface area (Å²) in [5.74, 6) is 0.820. The van der Waals surface area contributed by atoms with E-state index in [1.165, 1.54) is 11.8 Å². The number of amides is 1. The zero-order valence-electron chi connectivity index (χ0n) is 18.7. The minimum absolute atomic E-state index is 0.107. The zero-order valence-corrected chi connectivity index (χ0v) is 21.1. The van der Waals surface area contributed by atoms with E-state index >= 15 is 0 Å². The van der Waals surface area contributed by atoms with Crippen molar-refractivity contribution in [1.82, 2.24) is 4.90 Å². The van der Waals surface area contributed by atoms with Gasteiger partial charge in [-0.25, -0.2) is 0 Å². The number of carbonyl (C=O) groups is 1. The molecule has 0 N–H and O–H groups in total. The Balaban J connectivity index is 1.64. The number of carbonyl (C=O) groups excluding carboxylic acids is 1. The van der Waals surface area contributed by atoms with Crippen LogP contribution in [0.5, 0.6) is 5.75 Å². The Morgan fingerprint density at radius 1 is 1.15 bits per heavy atom. The van der Waals surface area contributed by atoms with E-state index in [2.05, 4.69) is 57.3 Å². The van der Waals surface area contributed by atoms with E-state index < -0.39 is 0 Å². The first-order valence-corrected chi connectivity index (χ1v) is 12.7. The zero-order chi connectivity index (χ0) is 23.2. The van der Waals surface area contributed by atoms with Gasteiger partial charge in [-0.05, 0) is 41.0 Å². The van der Waals surface area contributed by atoms with E-state index in [4.69, 9.17) is 4.74 Å². The van der Waals surface area contributed by atoms with E-state index in [1.54, 1.807) is 18.2 Å². The first kappa shape index (κ1) is 23.5. The maximum absolute atomic E-state index is 13.3. The summed E-state index contributed by atoms with van der Waals surface area (Å²) in [6.07, 6.45) is 4.57. The molecule has 1 heterocycles. The fourth-order valence-electron chi connectivity index (χ4n) is 3.85. The molecule has 0 spiro atoms. The number of ether oxygens (including phenoxy) is 1. The van der Waals surface area contributed by atoms with Crippen LogP contribution in [0.3, 0.4) is 0 Å². The highest BCUT2D eigenvalue weighted by molar-refractivity contribution is 9.10. The Morgan fingerprint density at radius 3 is 2.79 bits per heavy atom. The summed E-state index contributed by atoms with van der Waals surface area (Å²) >= 11 is 4.99. The van der Waals surface area contributed by atoms with Gasteiger partial charge in [-0.3, -0.25) is 9.69 Å². The van der Waals surface area contributed by atoms with Crippen molar-refractivity contribution in [3.05, 3.63) is 76.3 Å². The predicted molar refractivity (Wildman–Crippen MR) is 141 cm³/mol. The fourth-order valence-corrected chi connectivity index (χ4v) is 5.37. The number of fused-ring (bicyclic) bond motifs is 1. The average molecular weight is 524 g/mol. The van der Waals surface area contributed by atoms with Crippen LogP contribution >= 0.6 is 27.7 Å². The number of amidine groups is 1. The molecule has 0 radical (unpaired) electrons. The molecule has 5 nitrogen and oxygen atoms in total. The second kappa shape index (κ2) is 11.0. The van der Waals surface area contributed by atoms with Crippen molar-refractivity contribution >= 4 is 55.8 Å². The summed E-state index contributed by atoms with van der Waals surface area (Å²) in [6, 6.07) is 20.2. The summed E-state index contributed by atoms with van der Waals surface area (Å²) in [5.41, 5.74) is 1.91. The van der Waals surface area contributed by atoms with Crippen molar-refractivity contribution in [2.45, 2.75) is 38.0 Å². The van der Waals surface area contributed by atoms with Gasteiger partial charge in [-0.15, -0.1) is 5.10 Å². The number of unbranched alkanes of at least 4 members (excludes halogenated alkanes) is 1. The van der Waals surface area contributed by atoms with E-state index in [0.29, 0.717) is 17.5 Å². The van der Waals surface area contributed by atoms with E-state index in [9.17, 15) is 4.79 Å². The largest absolute Gasteiger partial charge is 0.496 e. The lowest BCUT2D eigenvalue weighted by Gasteiger charge is -2.17. The number of hydrogen-bond acceptors (Lipinski definition) is 5. The van der Waals surface area contributed by atoms with Crippen LogP contribution in [-0.2, 0) is 11.3 Å². The standard InChI is InChI=1S/C26H26BrN3O2S/c1-3-4-12-24-25(31)30(17-19-10-7-9-18-8-5-6-11-22(18)19)26(33-24)29-28-16-20-15-21(27)13-14-23(20)32-2/h5-11,13-16,24H,3-4,12,17H2,1-2H3/b28-16+,29-26-. The fraction of sp³-hybridized carbons (Fsp3) is 0.269. The summed E-state index contributed by atoms with van der Waals surface area (Å²) in [6.45, 7) is 2.62. The minimum Gasteiger partial charge on any atom is -0.496 e. The Kier molecular flexibility index (Phi) is 7.83. The number of halogens is 1. The molecule has 1 fully saturated rings. The molecule has 1 aliphatic rings. The topological polar surface area (TPSA) is 54.3 Å². The first-order chi connectivity index (χ1) is 16.1. The number of thioether (sulfide) groups is 1. The van der Waals surface area contributed by atoms with Gasteiger partial charge in [0.1, 0.15) is 5.75 Å². The third kappa shape index (κ3) is 5.47. The molecule has 0 bridgehead atoms. The third-order valence-corrected chi connectivity index (χ3v) is 7.31. The van der Waals surface area contributed by atoms with Gasteiger partial charge in [-0.1, -0.05) is 89.9 Å². The lowest BCUT2D eigenvalue weighted by molar-refractivity contribution is -0.126. The quantitative estimate of drug-likeness (QED) is 0.245. The molecule has 3 aromatic carbocycles. The van der Waals surface area contributed by atoms with Crippen molar-refractivity contribution in [1.29, 1.82) is 0 Å². The van der Waals surface area contributed by atoms with E-state index in [0.717, 1.165) is 45.6 Å². The molecule has 33 heavy (non-hydrogen) atoms. The van der Waals surface area contributed by atoms with Gasteiger partial charge < -0.3 is 4.74 Å². The molecule has 3 aromatic rings. The second-order valence-electron chi connectivity index (χ2n) is 7.82. The monoisotopic (exact) mass is 523 g/mol. The van der Waals surface area contributed by atoms with Crippen LogP contribution in [-0.4, -0.2) is 34.5 Å². The highest BCUT2D eigenvalue weighted by Crippen LogP contribution is 2.33. The number of rotatable bonds is 8. The van der Waals surface area contributed by atoms with Gasteiger partial charge in [0.2, 0.25) is 5.91 Å². The van der Waals surface area contributed by atoms with Gasteiger partial charge in [0.15, 0.2) is 5.17 Å². The smallest absolute Gasteiger partial charge is 0.242 e. The molecular weight excluding hydrogens is 498 g/mol. The van der Waals surface area contributed by atoms with Crippen LogP contribution in [0.2, 0.25) is 0 Å². The molecule has 1 atom stereocenters. The average Bonchev–Trinajstić information content (AvgIpc) is 3.12. The van der Waals surface area contributed by atoms with Gasteiger partial charge >= 0.3 is 0 Å². The highest BCUT2D eigenvalue weighted by Gasteiger charge is 2.37. The SMILES string of the molecule is CCCCC1S/C(=N\N=C\c2cc(Br)ccc2OC)N(Cc2cccc3ccccc23)C1=O. The normalized spacial score (nSPS) is 17.5. The van der Waals surface area contributed by atoms with Crippen molar-refractivity contribution in [2.24, 2.45) is 10.2 Å². The minimum atomic E-state index is -0.116. The summed E-state index contributed by atoms with van der Waals surface area (Å²) < 4.78 is 6.34. The molecule has 1 saturated heterocycles. The molecule has 4 rings (SSSR count). The molecule has 1 unspecified atom stereocenters. The number of benzene rings is 3. The Bertz CT molecular complexity index is 1210. The molecule has 0 saturated carbocycles. The van der Waals surface area contributed by atoms with Crippen LogP contribution in [0.4, 0.5) is 0 Å². The molecule has 1 aliphatic heterocycles. The van der Waals surface area contributed by atoms with Gasteiger partial charge in [0.25, 0.3) is 0 Å².